The van der Waals surface area contributed by atoms with Crippen molar-refractivity contribution in [3.63, 3.8) is 0 Å². The van der Waals surface area contributed by atoms with Crippen LogP contribution in [-0.4, -0.2) is 34.8 Å². The van der Waals surface area contributed by atoms with Gasteiger partial charge in [-0.2, -0.15) is 5.26 Å². The number of ketones is 1. The third-order valence-corrected chi connectivity index (χ3v) is 8.92. The van der Waals surface area contributed by atoms with Gasteiger partial charge in [-0.1, -0.05) is 61.2 Å². The van der Waals surface area contributed by atoms with Crippen LogP contribution in [0.3, 0.4) is 0 Å². The number of carbonyl (C=O) groups is 2. The molecule has 1 aliphatic heterocycles. The maximum absolute atomic E-state index is 13.7. The topological polar surface area (TPSA) is 134 Å². The number of rotatable bonds is 7. The van der Waals surface area contributed by atoms with Crippen molar-refractivity contribution in [1.29, 1.82) is 5.26 Å². The van der Waals surface area contributed by atoms with Crippen molar-refractivity contribution < 1.29 is 18.7 Å². The molecule has 210 valence electrons. The van der Waals surface area contributed by atoms with E-state index < -0.39 is 11.7 Å². The molecular weight excluding hydrogens is 563 g/mol. The molecule has 1 unspecified atom stereocenters. The number of nitriles is 1. The number of nitrogens with zero attached hydrogens (tertiary/aromatic N) is 4. The summed E-state index contributed by atoms with van der Waals surface area (Å²) < 4.78 is 19.5. The number of allylic oxidation sites excluding steroid dienone is 3. The summed E-state index contributed by atoms with van der Waals surface area (Å²) in [6.07, 6.45) is 0.809. The smallest absolute Gasteiger partial charge is 0.234 e. The highest BCUT2D eigenvalue weighted by molar-refractivity contribution is 8.01. The van der Waals surface area contributed by atoms with E-state index in [9.17, 15) is 19.2 Å². The molecule has 41 heavy (non-hydrogen) atoms. The fourth-order valence-electron chi connectivity index (χ4n) is 5.13. The molecule has 1 atom stereocenters. The Labute approximate surface area is 244 Å². The number of carbonyl (C=O) groups excluding carboxylic acids is 2. The van der Waals surface area contributed by atoms with Crippen LogP contribution in [0.2, 0.25) is 0 Å². The molecule has 9 nitrogen and oxygen atoms in total. The van der Waals surface area contributed by atoms with Crippen LogP contribution in [0, 0.1) is 22.6 Å². The Morgan fingerprint density at radius 2 is 1.98 bits per heavy atom. The first-order valence-electron chi connectivity index (χ1n) is 12.7. The van der Waals surface area contributed by atoms with E-state index in [2.05, 4.69) is 21.6 Å². The molecule has 12 heteroatoms. The molecule has 2 heterocycles. The number of amides is 1. The Balaban J connectivity index is 1.45. The Morgan fingerprint density at radius 3 is 2.68 bits per heavy atom. The van der Waals surface area contributed by atoms with Crippen LogP contribution < -0.4 is 20.7 Å². The molecule has 2 aliphatic rings. The highest BCUT2D eigenvalue weighted by Gasteiger charge is 2.45. The minimum Gasteiger partial charge on any atom is -0.495 e. The Kier molecular flexibility index (Phi) is 7.84. The van der Waals surface area contributed by atoms with Crippen LogP contribution in [0.15, 0.2) is 75.5 Å². The summed E-state index contributed by atoms with van der Waals surface area (Å²) in [4.78, 5) is 27.8. The van der Waals surface area contributed by atoms with Crippen molar-refractivity contribution in [3.8, 4) is 11.8 Å². The van der Waals surface area contributed by atoms with E-state index in [1.54, 1.807) is 35.2 Å². The predicted octanol–water partition coefficient (Wildman–Crippen LogP) is 5.36. The van der Waals surface area contributed by atoms with Gasteiger partial charge in [0, 0.05) is 17.7 Å². The molecule has 1 aromatic heterocycles. The first kappa shape index (κ1) is 28.3. The summed E-state index contributed by atoms with van der Waals surface area (Å²) in [6, 6.07) is 15.1. The number of ether oxygens (including phenoxy) is 1. The summed E-state index contributed by atoms with van der Waals surface area (Å²) in [5.41, 5.74) is 8.74. The van der Waals surface area contributed by atoms with Gasteiger partial charge in [0.1, 0.15) is 17.4 Å². The number of Topliss-reactive ketones (excluding diaryl/α,β-unsaturated/α-hetero) is 1. The Hall–Kier alpha value is -4.21. The van der Waals surface area contributed by atoms with Crippen molar-refractivity contribution in [3.05, 3.63) is 82.6 Å². The van der Waals surface area contributed by atoms with Gasteiger partial charge >= 0.3 is 0 Å². The molecule has 0 saturated carbocycles. The monoisotopic (exact) mass is 590 g/mol. The molecule has 0 bridgehead atoms. The Bertz CT molecular complexity index is 1620. The molecule has 0 spiro atoms. The van der Waals surface area contributed by atoms with Gasteiger partial charge in [0.25, 0.3) is 0 Å². The van der Waals surface area contributed by atoms with Gasteiger partial charge < -0.3 is 15.8 Å². The fourth-order valence-corrected chi connectivity index (χ4v) is 6.81. The van der Waals surface area contributed by atoms with E-state index in [4.69, 9.17) is 10.5 Å². The molecule has 3 N–H and O–H groups in total. The largest absolute Gasteiger partial charge is 0.495 e. The van der Waals surface area contributed by atoms with Gasteiger partial charge in [0.15, 0.2) is 10.1 Å². The van der Waals surface area contributed by atoms with Crippen molar-refractivity contribution in [2.24, 2.45) is 11.1 Å². The number of para-hydroxylation sites is 2. The average Bonchev–Trinajstić information content (AvgIpc) is 3.40. The molecule has 0 saturated heterocycles. The number of hydrogen-bond donors (Lipinski definition) is 2. The van der Waals surface area contributed by atoms with E-state index in [-0.39, 0.29) is 34.3 Å². The second-order valence-corrected chi connectivity index (χ2v) is 12.6. The van der Waals surface area contributed by atoms with Crippen molar-refractivity contribution in [2.75, 3.05) is 23.1 Å². The van der Waals surface area contributed by atoms with Gasteiger partial charge in [0.2, 0.25) is 11.0 Å². The number of aromatic nitrogens is 2. The van der Waals surface area contributed by atoms with Crippen LogP contribution in [0.5, 0.6) is 5.75 Å². The van der Waals surface area contributed by atoms with Gasteiger partial charge in [0.05, 0.1) is 36.1 Å². The summed E-state index contributed by atoms with van der Waals surface area (Å²) in [5, 5.41) is 22.0. The quantitative estimate of drug-likeness (QED) is 0.349. The molecule has 0 radical (unpaired) electrons. The number of nitrogens with two attached hydrogens (primary N) is 1. The minimum absolute atomic E-state index is 0.0769. The van der Waals surface area contributed by atoms with Crippen molar-refractivity contribution in [1.82, 2.24) is 10.2 Å². The lowest BCUT2D eigenvalue weighted by Crippen LogP contribution is -2.42. The Morgan fingerprint density at radius 1 is 1.24 bits per heavy atom. The van der Waals surface area contributed by atoms with Crippen LogP contribution in [0.1, 0.15) is 38.2 Å². The lowest BCUT2D eigenvalue weighted by atomic mass is 9.69. The first-order chi connectivity index (χ1) is 19.6. The van der Waals surface area contributed by atoms with Crippen LogP contribution in [0.25, 0.3) is 0 Å². The van der Waals surface area contributed by atoms with E-state index >= 15 is 0 Å². The summed E-state index contributed by atoms with van der Waals surface area (Å²) in [7, 11) is 1.53. The maximum atomic E-state index is 13.7. The van der Waals surface area contributed by atoms with Crippen LogP contribution in [-0.2, 0) is 9.59 Å². The van der Waals surface area contributed by atoms with Gasteiger partial charge in [-0.05, 0) is 41.7 Å². The average molecular weight is 591 g/mol. The molecule has 5 rings (SSSR count). The first-order valence-corrected chi connectivity index (χ1v) is 14.5. The van der Waals surface area contributed by atoms with E-state index in [1.807, 2.05) is 19.9 Å². The predicted molar refractivity (Wildman–Crippen MR) is 156 cm³/mol. The molecule has 1 amide bonds. The normalized spacial score (nSPS) is 18.2. The number of thioether (sulfide) groups is 1. The second kappa shape index (κ2) is 11.3. The number of anilines is 2. The molecule has 0 fully saturated rings. The van der Waals surface area contributed by atoms with Crippen LogP contribution in [0.4, 0.5) is 15.2 Å². The van der Waals surface area contributed by atoms with Gasteiger partial charge in [-0.3, -0.25) is 14.5 Å². The lowest BCUT2D eigenvalue weighted by Gasteiger charge is -2.42. The van der Waals surface area contributed by atoms with Gasteiger partial charge in [-0.15, -0.1) is 10.2 Å². The third kappa shape index (κ3) is 5.68. The number of nitrogens with one attached hydrogen (secondary N) is 1. The SMILES string of the molecule is COc1ccccc1NC(=O)CSc1nnc(N2C(N)=C(C#N)C(c3ccc(F)cc3)C3=C2CC(C)(C)CC3=O)s1. The standard InChI is InChI=1S/C29H27FN6O3S2/c1-29(2)12-20-25(21(37)13-29)24(16-8-10-17(30)11-9-16)18(14-31)26(32)36(20)27-34-35-28(41-27)40-15-23(38)33-19-6-4-5-7-22(19)39-3/h4-11,24H,12-13,15,32H2,1-3H3,(H,33,38). The zero-order valence-electron chi connectivity index (χ0n) is 22.6. The molecule has 2 aromatic carbocycles. The zero-order valence-corrected chi connectivity index (χ0v) is 24.2. The fraction of sp³-hybridized carbons (Fsp3) is 0.276. The van der Waals surface area contributed by atoms with Crippen molar-refractivity contribution >= 4 is 45.6 Å². The molecule has 3 aromatic rings. The molecule has 1 aliphatic carbocycles. The third-order valence-electron chi connectivity index (χ3n) is 6.88. The van der Waals surface area contributed by atoms with E-state index in [0.29, 0.717) is 50.6 Å². The van der Waals surface area contributed by atoms with Gasteiger partial charge in [-0.25, -0.2) is 4.39 Å². The van der Waals surface area contributed by atoms with Crippen molar-refractivity contribution in [2.45, 2.75) is 36.9 Å². The maximum Gasteiger partial charge on any atom is 0.234 e. The zero-order chi connectivity index (χ0) is 29.3. The van der Waals surface area contributed by atoms with E-state index in [0.717, 1.165) is 0 Å². The lowest BCUT2D eigenvalue weighted by molar-refractivity contribution is -0.118. The number of benzene rings is 2. The minimum atomic E-state index is -0.712. The summed E-state index contributed by atoms with van der Waals surface area (Å²) >= 11 is 2.42. The summed E-state index contributed by atoms with van der Waals surface area (Å²) in [5.74, 6) is -0.688. The highest BCUT2D eigenvalue weighted by Crippen LogP contribution is 2.50. The number of hydrogen-bond acceptors (Lipinski definition) is 10. The summed E-state index contributed by atoms with van der Waals surface area (Å²) in [6.45, 7) is 4.00. The van der Waals surface area contributed by atoms with Crippen LogP contribution >= 0.6 is 23.1 Å². The number of methoxy groups -OCH3 is 1. The second-order valence-electron chi connectivity index (χ2n) is 10.4. The molecular formula is C29H27FN6O3S2. The number of halogens is 1. The van der Waals surface area contributed by atoms with E-state index in [1.165, 1.54) is 42.3 Å². The highest BCUT2D eigenvalue weighted by atomic mass is 32.2.